The van der Waals surface area contributed by atoms with E-state index in [2.05, 4.69) is 10.5 Å². The van der Waals surface area contributed by atoms with E-state index in [9.17, 15) is 13.2 Å². The lowest BCUT2D eigenvalue weighted by molar-refractivity contribution is 0.0730. The van der Waals surface area contributed by atoms with E-state index in [1.54, 1.807) is 19.1 Å². The predicted octanol–water partition coefficient (Wildman–Crippen LogP) is 1.92. The third-order valence-electron chi connectivity index (χ3n) is 3.91. The molecule has 2 aromatic rings. The summed E-state index contributed by atoms with van der Waals surface area (Å²) in [6.07, 6.45) is 0. The van der Waals surface area contributed by atoms with Gasteiger partial charge in [0.2, 0.25) is 10.0 Å². The highest BCUT2D eigenvalue weighted by atomic mass is 32.2. The molecule has 138 valence electrons. The third-order valence-corrected chi connectivity index (χ3v) is 6.78. The second kappa shape index (κ2) is 8.09. The van der Waals surface area contributed by atoms with E-state index in [0.717, 1.165) is 4.88 Å². The Morgan fingerprint density at radius 3 is 2.69 bits per heavy atom. The fourth-order valence-corrected chi connectivity index (χ4v) is 4.60. The van der Waals surface area contributed by atoms with Crippen LogP contribution in [0.4, 0.5) is 0 Å². The Bertz CT molecular complexity index is 902. The molecule has 2 heterocycles. The average molecular weight is 393 g/mol. The van der Waals surface area contributed by atoms with Crippen molar-refractivity contribution in [1.82, 2.24) is 9.73 Å². The second-order valence-electron chi connectivity index (χ2n) is 5.66. The molecule has 1 aliphatic heterocycles. The van der Waals surface area contributed by atoms with Gasteiger partial charge in [-0.05, 0) is 36.6 Å². The number of carbonyl (C=O) groups excluding carboxylic acids is 1. The van der Waals surface area contributed by atoms with Crippen molar-refractivity contribution in [2.75, 3.05) is 26.3 Å². The van der Waals surface area contributed by atoms with Gasteiger partial charge in [-0.25, -0.2) is 13.8 Å². The highest BCUT2D eigenvalue weighted by Crippen LogP contribution is 2.18. The molecule has 9 heteroatoms. The Morgan fingerprint density at radius 1 is 1.23 bits per heavy atom. The Balaban J connectivity index is 1.76. The maximum absolute atomic E-state index is 12.7. The van der Waals surface area contributed by atoms with Crippen LogP contribution in [0.3, 0.4) is 0 Å². The molecule has 0 bridgehead atoms. The molecule has 1 aromatic carbocycles. The summed E-state index contributed by atoms with van der Waals surface area (Å²) in [5.41, 5.74) is 3.40. The normalized spacial score (nSPS) is 16.4. The first-order chi connectivity index (χ1) is 12.5. The fraction of sp³-hybridized carbons (Fsp3) is 0.294. The number of nitrogens with zero attached hydrogens (tertiary/aromatic N) is 2. The number of morpholine rings is 1. The highest BCUT2D eigenvalue weighted by Gasteiger charge is 2.26. The summed E-state index contributed by atoms with van der Waals surface area (Å²) in [7, 11) is -3.65. The molecule has 0 atom stereocenters. The third kappa shape index (κ3) is 4.18. The Kier molecular flexibility index (Phi) is 5.82. The average Bonchev–Trinajstić information content (AvgIpc) is 3.21. The standard InChI is InChI=1S/C17H19N3O4S2/c1-13(16-6-3-11-25-16)18-19-17(21)14-4-2-5-15(12-14)26(22,23)20-7-9-24-10-8-20/h2-6,11-12H,7-10H2,1H3,(H,19,21)/b18-13+. The van der Waals surface area contributed by atoms with Crippen LogP contribution in [0.1, 0.15) is 22.2 Å². The number of carbonyl (C=O) groups is 1. The lowest BCUT2D eigenvalue weighted by atomic mass is 10.2. The monoisotopic (exact) mass is 393 g/mol. The lowest BCUT2D eigenvalue weighted by Gasteiger charge is -2.26. The van der Waals surface area contributed by atoms with Crippen molar-refractivity contribution in [3.8, 4) is 0 Å². The summed E-state index contributed by atoms with van der Waals surface area (Å²) < 4.78 is 32.0. The zero-order valence-corrected chi connectivity index (χ0v) is 15.8. The number of hydrogen-bond donors (Lipinski definition) is 1. The number of benzene rings is 1. The molecular formula is C17H19N3O4S2. The van der Waals surface area contributed by atoms with Crippen LogP contribution in [-0.4, -0.2) is 50.6 Å². The van der Waals surface area contributed by atoms with Gasteiger partial charge in [0.25, 0.3) is 5.91 Å². The van der Waals surface area contributed by atoms with E-state index in [-0.39, 0.29) is 10.5 Å². The van der Waals surface area contributed by atoms with Gasteiger partial charge in [-0.15, -0.1) is 11.3 Å². The first-order valence-electron chi connectivity index (χ1n) is 8.05. The fourth-order valence-electron chi connectivity index (χ4n) is 2.47. The molecular weight excluding hydrogens is 374 g/mol. The molecule has 3 rings (SSSR count). The van der Waals surface area contributed by atoms with Crippen molar-refractivity contribution in [3.05, 3.63) is 52.2 Å². The molecule has 1 aliphatic rings. The summed E-state index contributed by atoms with van der Waals surface area (Å²) in [6, 6.07) is 9.78. The quantitative estimate of drug-likeness (QED) is 0.621. The number of sulfonamides is 1. The van der Waals surface area contributed by atoms with E-state index in [1.807, 2.05) is 17.5 Å². The van der Waals surface area contributed by atoms with Crippen molar-refractivity contribution >= 4 is 33.0 Å². The first-order valence-corrected chi connectivity index (χ1v) is 10.4. The van der Waals surface area contributed by atoms with Gasteiger partial charge in [0, 0.05) is 23.5 Å². The summed E-state index contributed by atoms with van der Waals surface area (Å²) in [5.74, 6) is -0.458. The molecule has 0 unspecified atom stereocenters. The van der Waals surface area contributed by atoms with Crippen LogP contribution in [0.15, 0.2) is 51.8 Å². The zero-order valence-electron chi connectivity index (χ0n) is 14.2. The Hall–Kier alpha value is -2.07. The maximum Gasteiger partial charge on any atom is 0.271 e. The molecule has 7 nitrogen and oxygen atoms in total. The topological polar surface area (TPSA) is 88.1 Å². The molecule has 1 saturated heterocycles. The van der Waals surface area contributed by atoms with E-state index >= 15 is 0 Å². The smallest absolute Gasteiger partial charge is 0.271 e. The van der Waals surface area contributed by atoms with Gasteiger partial charge in [0.1, 0.15) is 0 Å². The molecule has 0 spiro atoms. The van der Waals surface area contributed by atoms with Crippen LogP contribution in [0.25, 0.3) is 0 Å². The minimum atomic E-state index is -3.65. The van der Waals surface area contributed by atoms with Crippen LogP contribution < -0.4 is 5.43 Å². The number of rotatable bonds is 5. The number of nitrogens with one attached hydrogen (secondary N) is 1. The molecule has 1 N–H and O–H groups in total. The largest absolute Gasteiger partial charge is 0.379 e. The van der Waals surface area contributed by atoms with Gasteiger partial charge in [0.15, 0.2) is 0 Å². The molecule has 1 amide bonds. The van der Waals surface area contributed by atoms with Crippen molar-refractivity contribution in [2.24, 2.45) is 5.10 Å². The van der Waals surface area contributed by atoms with Crippen LogP contribution >= 0.6 is 11.3 Å². The van der Waals surface area contributed by atoms with Gasteiger partial charge >= 0.3 is 0 Å². The lowest BCUT2D eigenvalue weighted by Crippen LogP contribution is -2.40. The van der Waals surface area contributed by atoms with Crippen LogP contribution in [0, 0.1) is 0 Å². The zero-order chi connectivity index (χ0) is 18.6. The van der Waals surface area contributed by atoms with Gasteiger partial charge in [-0.3, -0.25) is 4.79 Å². The van der Waals surface area contributed by atoms with Crippen molar-refractivity contribution in [3.63, 3.8) is 0 Å². The molecule has 0 radical (unpaired) electrons. The molecule has 0 aliphatic carbocycles. The molecule has 1 aromatic heterocycles. The number of hydrazone groups is 1. The van der Waals surface area contributed by atoms with Crippen LogP contribution in [0.2, 0.25) is 0 Å². The van der Waals surface area contributed by atoms with Crippen LogP contribution in [-0.2, 0) is 14.8 Å². The summed E-state index contributed by atoms with van der Waals surface area (Å²) in [6.45, 7) is 3.16. The number of ether oxygens (including phenoxy) is 1. The van der Waals surface area contributed by atoms with Crippen LogP contribution in [0.5, 0.6) is 0 Å². The van der Waals surface area contributed by atoms with E-state index in [4.69, 9.17) is 4.74 Å². The predicted molar refractivity (Wildman–Crippen MR) is 100 cm³/mol. The highest BCUT2D eigenvalue weighted by molar-refractivity contribution is 7.89. The molecule has 1 fully saturated rings. The molecule has 0 saturated carbocycles. The number of thiophene rings is 1. The van der Waals surface area contributed by atoms with E-state index in [1.165, 1.54) is 27.8 Å². The van der Waals surface area contributed by atoms with Gasteiger partial charge in [-0.2, -0.15) is 9.41 Å². The van der Waals surface area contributed by atoms with Crippen molar-refractivity contribution in [1.29, 1.82) is 0 Å². The summed E-state index contributed by atoms with van der Waals surface area (Å²) >= 11 is 1.52. The summed E-state index contributed by atoms with van der Waals surface area (Å²) in [4.78, 5) is 13.4. The first kappa shape index (κ1) is 18.7. The van der Waals surface area contributed by atoms with Gasteiger partial charge in [0.05, 0.1) is 23.8 Å². The Labute approximate surface area is 156 Å². The second-order valence-corrected chi connectivity index (χ2v) is 8.55. The molecule has 26 heavy (non-hydrogen) atoms. The minimum absolute atomic E-state index is 0.0889. The van der Waals surface area contributed by atoms with Gasteiger partial charge < -0.3 is 4.74 Å². The minimum Gasteiger partial charge on any atom is -0.379 e. The number of hydrogen-bond acceptors (Lipinski definition) is 6. The van der Waals surface area contributed by atoms with Crippen molar-refractivity contribution in [2.45, 2.75) is 11.8 Å². The number of amides is 1. The van der Waals surface area contributed by atoms with Crippen molar-refractivity contribution < 1.29 is 17.9 Å². The Morgan fingerprint density at radius 2 is 2.00 bits per heavy atom. The maximum atomic E-state index is 12.7. The SMILES string of the molecule is C/C(=N\NC(=O)c1cccc(S(=O)(=O)N2CCOCC2)c1)c1cccs1. The van der Waals surface area contributed by atoms with E-state index < -0.39 is 15.9 Å². The summed E-state index contributed by atoms with van der Waals surface area (Å²) in [5, 5.41) is 6.00. The van der Waals surface area contributed by atoms with Gasteiger partial charge in [-0.1, -0.05) is 12.1 Å². The van der Waals surface area contributed by atoms with E-state index in [0.29, 0.717) is 32.0 Å².